The molecular formula is C49H31N3O. The molecule has 0 fully saturated rings. The summed E-state index contributed by atoms with van der Waals surface area (Å²) in [4.78, 5) is 15.0. The molecule has 2 heterocycles. The lowest BCUT2D eigenvalue weighted by Gasteiger charge is -2.11. The number of furan rings is 1. The van der Waals surface area contributed by atoms with Crippen LogP contribution in [0.4, 0.5) is 0 Å². The largest absolute Gasteiger partial charge is 0.455 e. The zero-order valence-electron chi connectivity index (χ0n) is 37.9. The molecule has 0 N–H and O–H groups in total. The summed E-state index contributed by atoms with van der Waals surface area (Å²) in [5.41, 5.74) is 4.45. The maximum atomic E-state index is 8.92. The Kier molecular flexibility index (Phi) is 5.32. The molecule has 0 amide bonds. The molecule has 0 spiro atoms. The van der Waals surface area contributed by atoms with Crippen molar-refractivity contribution in [3.8, 4) is 67.5 Å². The van der Waals surface area contributed by atoms with Crippen LogP contribution in [0.15, 0.2) is 192 Å². The lowest BCUT2D eigenvalue weighted by atomic mass is 9.95. The normalized spacial score (nSPS) is 14.0. The van der Waals surface area contributed by atoms with Gasteiger partial charge in [-0.25, -0.2) is 15.0 Å². The minimum atomic E-state index is -0.582. The van der Waals surface area contributed by atoms with Crippen LogP contribution in [-0.2, 0) is 0 Å². The summed E-state index contributed by atoms with van der Waals surface area (Å²) in [7, 11) is 0. The third-order valence-corrected chi connectivity index (χ3v) is 9.29. The van der Waals surface area contributed by atoms with Crippen molar-refractivity contribution in [3.05, 3.63) is 188 Å². The molecule has 4 nitrogen and oxygen atoms in total. The highest BCUT2D eigenvalue weighted by molar-refractivity contribution is 6.16. The van der Waals surface area contributed by atoms with Gasteiger partial charge in [0.15, 0.2) is 17.5 Å². The molecule has 0 aliphatic carbocycles. The van der Waals surface area contributed by atoms with E-state index < -0.39 is 60.4 Å². The fourth-order valence-corrected chi connectivity index (χ4v) is 6.75. The van der Waals surface area contributed by atoms with E-state index in [9.17, 15) is 0 Å². The second-order valence-electron chi connectivity index (χ2n) is 12.5. The second-order valence-corrected chi connectivity index (χ2v) is 12.5. The molecule has 10 rings (SSSR count). The molecular weight excluding hydrogens is 647 g/mol. The van der Waals surface area contributed by atoms with E-state index in [2.05, 4.69) is 30.3 Å². The van der Waals surface area contributed by atoms with Gasteiger partial charge in [-0.3, -0.25) is 0 Å². The standard InChI is InChI=1S/C49H31N3O/c1-4-13-32(14-5-1)40-30-42(35-16-6-2-7-17-35)46-43(31-40)45-41(21-12-22-44(45)53-46)49-51-47(36-18-8-3-9-19-36)50-48(52-49)37-26-23-34(24-27-37)39-28-25-33-15-10-11-20-38(33)29-39/h1-31H/i1D,2D,4D,5D,6D,7D,13D,14D,16D,17D. The minimum absolute atomic E-state index is 0.0706. The minimum Gasteiger partial charge on any atom is -0.455 e. The van der Waals surface area contributed by atoms with E-state index >= 15 is 0 Å². The van der Waals surface area contributed by atoms with Gasteiger partial charge in [0.2, 0.25) is 0 Å². The molecule has 4 heteroatoms. The van der Waals surface area contributed by atoms with E-state index in [-0.39, 0.29) is 33.7 Å². The fraction of sp³-hybridized carbons (Fsp3) is 0. The average molecular weight is 688 g/mol. The summed E-state index contributed by atoms with van der Waals surface area (Å²) >= 11 is 0. The summed E-state index contributed by atoms with van der Waals surface area (Å²) in [5.74, 6) is 1.08. The number of benzene rings is 8. The van der Waals surface area contributed by atoms with Crippen LogP contribution >= 0.6 is 0 Å². The van der Waals surface area contributed by atoms with Crippen molar-refractivity contribution in [2.45, 2.75) is 0 Å². The van der Waals surface area contributed by atoms with Crippen molar-refractivity contribution in [1.82, 2.24) is 15.0 Å². The molecule has 8 aromatic carbocycles. The highest BCUT2D eigenvalue weighted by atomic mass is 16.3. The first-order valence-corrected chi connectivity index (χ1v) is 16.9. The molecule has 10 aromatic rings. The molecule has 0 saturated heterocycles. The number of fused-ring (bicyclic) bond motifs is 4. The maximum absolute atomic E-state index is 8.92. The molecule has 0 atom stereocenters. The van der Waals surface area contributed by atoms with Gasteiger partial charge in [0.05, 0.1) is 13.7 Å². The van der Waals surface area contributed by atoms with Gasteiger partial charge in [-0.05, 0) is 62.9 Å². The first-order valence-electron chi connectivity index (χ1n) is 21.9. The summed E-state index contributed by atoms with van der Waals surface area (Å²) in [6.45, 7) is 0. The van der Waals surface area contributed by atoms with Crippen molar-refractivity contribution in [2.24, 2.45) is 0 Å². The zero-order chi connectivity index (χ0) is 43.8. The van der Waals surface area contributed by atoms with Crippen LogP contribution in [0.1, 0.15) is 13.7 Å². The maximum Gasteiger partial charge on any atom is 0.164 e. The monoisotopic (exact) mass is 687 g/mol. The molecule has 0 radical (unpaired) electrons. The molecule has 0 saturated carbocycles. The molecule has 248 valence electrons. The first-order chi connectivity index (χ1) is 30.4. The lowest BCUT2D eigenvalue weighted by Crippen LogP contribution is -2.00. The van der Waals surface area contributed by atoms with Crippen LogP contribution in [0, 0.1) is 0 Å². The first kappa shape index (κ1) is 21.9. The lowest BCUT2D eigenvalue weighted by molar-refractivity contribution is 0.670. The predicted octanol–water partition coefficient (Wildman–Crippen LogP) is 12.9. The second kappa shape index (κ2) is 12.9. The van der Waals surface area contributed by atoms with Gasteiger partial charge in [-0.1, -0.05) is 164 Å². The van der Waals surface area contributed by atoms with Crippen LogP contribution in [0.2, 0.25) is 0 Å². The SMILES string of the molecule is [2H]c1c([2H])c([2H])c(-c2cc(-c3c([2H])c([2H])c([2H])c([2H])c3[2H])c3oc4cccc(-c5nc(-c6ccccc6)nc(-c6ccc(-c7ccc8ccccc8c7)cc6)n5)c4c3c2)c([2H])c1[2H]. The van der Waals surface area contributed by atoms with Gasteiger partial charge in [0.1, 0.15) is 11.2 Å². The molecule has 0 aliphatic heterocycles. The molecule has 0 bridgehead atoms. The van der Waals surface area contributed by atoms with E-state index in [1.165, 1.54) is 6.07 Å². The predicted molar refractivity (Wildman–Crippen MR) is 217 cm³/mol. The van der Waals surface area contributed by atoms with Gasteiger partial charge in [-0.15, -0.1) is 0 Å². The summed E-state index contributed by atoms with van der Waals surface area (Å²) in [5, 5.41) is 3.14. The fourth-order valence-electron chi connectivity index (χ4n) is 6.75. The number of hydrogen-bond acceptors (Lipinski definition) is 4. The zero-order valence-corrected chi connectivity index (χ0v) is 27.9. The number of aromatic nitrogens is 3. The van der Waals surface area contributed by atoms with Crippen LogP contribution in [0.3, 0.4) is 0 Å². The third-order valence-electron chi connectivity index (χ3n) is 9.29. The number of nitrogens with zero attached hydrogens (tertiary/aromatic N) is 3. The van der Waals surface area contributed by atoms with Crippen molar-refractivity contribution >= 4 is 32.7 Å². The molecule has 2 aromatic heterocycles. The Bertz CT molecular complexity index is 3460. The van der Waals surface area contributed by atoms with Gasteiger partial charge < -0.3 is 4.42 Å². The van der Waals surface area contributed by atoms with Crippen molar-refractivity contribution < 1.29 is 18.1 Å². The number of rotatable bonds is 6. The highest BCUT2D eigenvalue weighted by Gasteiger charge is 2.21. The topological polar surface area (TPSA) is 51.8 Å². The number of hydrogen-bond donors (Lipinski definition) is 0. The molecule has 0 aliphatic rings. The van der Waals surface area contributed by atoms with Crippen molar-refractivity contribution in [2.75, 3.05) is 0 Å². The van der Waals surface area contributed by atoms with Crippen LogP contribution in [0.5, 0.6) is 0 Å². The summed E-state index contributed by atoms with van der Waals surface area (Å²) < 4.78 is 92.5. The molecule has 53 heavy (non-hydrogen) atoms. The van der Waals surface area contributed by atoms with E-state index in [1.807, 2.05) is 72.8 Å². The molecule has 0 unspecified atom stereocenters. The van der Waals surface area contributed by atoms with Gasteiger partial charge in [0.25, 0.3) is 0 Å². The summed E-state index contributed by atoms with van der Waals surface area (Å²) in [6, 6.07) is 35.1. The van der Waals surface area contributed by atoms with Crippen molar-refractivity contribution in [1.29, 1.82) is 0 Å². The van der Waals surface area contributed by atoms with E-state index in [4.69, 9.17) is 33.1 Å². The Labute approximate surface area is 320 Å². The van der Waals surface area contributed by atoms with Gasteiger partial charge >= 0.3 is 0 Å². The van der Waals surface area contributed by atoms with Crippen LogP contribution in [0.25, 0.3) is 100 Å². The third kappa shape index (κ3) is 5.63. The Morgan fingerprint density at radius 3 is 1.77 bits per heavy atom. The van der Waals surface area contributed by atoms with E-state index in [0.717, 1.165) is 33.0 Å². The summed E-state index contributed by atoms with van der Waals surface area (Å²) in [6.07, 6.45) is 0. The van der Waals surface area contributed by atoms with Gasteiger partial charge in [0, 0.05) is 33.0 Å². The smallest absolute Gasteiger partial charge is 0.164 e. The average Bonchev–Trinajstić information content (AvgIpc) is 3.70. The Balaban J connectivity index is 1.23. The Morgan fingerprint density at radius 1 is 0.396 bits per heavy atom. The van der Waals surface area contributed by atoms with E-state index in [1.54, 1.807) is 18.2 Å². The van der Waals surface area contributed by atoms with Crippen LogP contribution in [-0.4, -0.2) is 15.0 Å². The Morgan fingerprint density at radius 2 is 1.02 bits per heavy atom. The van der Waals surface area contributed by atoms with E-state index in [0.29, 0.717) is 33.6 Å². The quantitative estimate of drug-likeness (QED) is 0.175. The Hall–Kier alpha value is -7.17. The highest BCUT2D eigenvalue weighted by Crippen LogP contribution is 2.43. The van der Waals surface area contributed by atoms with Crippen LogP contribution < -0.4 is 0 Å². The van der Waals surface area contributed by atoms with Crippen molar-refractivity contribution in [3.63, 3.8) is 0 Å². The van der Waals surface area contributed by atoms with Gasteiger partial charge in [-0.2, -0.15) is 0 Å².